The lowest BCUT2D eigenvalue weighted by Gasteiger charge is -2.05. The van der Waals surface area contributed by atoms with Crippen LogP contribution in [-0.2, 0) is 9.53 Å². The highest BCUT2D eigenvalue weighted by Crippen LogP contribution is 2.15. The lowest BCUT2D eigenvalue weighted by atomic mass is 10.4. The van der Waals surface area contributed by atoms with E-state index in [0.717, 1.165) is 0 Å². The van der Waals surface area contributed by atoms with Crippen LogP contribution in [0.25, 0.3) is 0 Å². The molecule has 1 aromatic heterocycles. The number of nitrogens with zero attached hydrogens (tertiary/aromatic N) is 1. The summed E-state index contributed by atoms with van der Waals surface area (Å²) in [4.78, 5) is 14.7. The van der Waals surface area contributed by atoms with Gasteiger partial charge in [-0.3, -0.25) is 4.79 Å². The highest BCUT2D eigenvalue weighted by molar-refractivity contribution is 6.29. The molecule has 1 rings (SSSR count). The molecule has 0 atom stereocenters. The number of nitrogen functional groups attached to an aromatic ring is 1. The summed E-state index contributed by atoms with van der Waals surface area (Å²) in [7, 11) is 1.31. The summed E-state index contributed by atoms with van der Waals surface area (Å²) >= 11 is 5.65. The van der Waals surface area contributed by atoms with E-state index in [0.29, 0.717) is 11.5 Å². The monoisotopic (exact) mass is 215 g/mol. The van der Waals surface area contributed by atoms with Gasteiger partial charge in [-0.05, 0) is 6.07 Å². The van der Waals surface area contributed by atoms with Crippen molar-refractivity contribution >= 4 is 29.1 Å². The molecule has 0 aliphatic carbocycles. The fraction of sp³-hybridized carbons (Fsp3) is 0.250. The zero-order valence-electron chi connectivity index (χ0n) is 7.58. The van der Waals surface area contributed by atoms with Crippen molar-refractivity contribution in [1.29, 1.82) is 0 Å². The van der Waals surface area contributed by atoms with Crippen molar-refractivity contribution in [3.63, 3.8) is 0 Å². The Labute approximate surface area is 86.2 Å². The molecule has 0 amide bonds. The van der Waals surface area contributed by atoms with E-state index in [9.17, 15) is 4.79 Å². The van der Waals surface area contributed by atoms with E-state index in [4.69, 9.17) is 17.3 Å². The highest BCUT2D eigenvalue weighted by Gasteiger charge is 2.02. The minimum absolute atomic E-state index is 0.0310. The van der Waals surface area contributed by atoms with Gasteiger partial charge in [-0.15, -0.1) is 0 Å². The second-order valence-corrected chi connectivity index (χ2v) is 2.93. The highest BCUT2D eigenvalue weighted by atomic mass is 35.5. The third kappa shape index (κ3) is 3.10. The number of carbonyl (C=O) groups excluding carboxylic acids is 1. The number of hydrogen-bond donors (Lipinski definition) is 2. The summed E-state index contributed by atoms with van der Waals surface area (Å²) in [6.07, 6.45) is 0. The first kappa shape index (κ1) is 10.6. The molecule has 5 nitrogen and oxygen atoms in total. The third-order valence-corrected chi connectivity index (χ3v) is 1.65. The number of ether oxygens (including phenoxy) is 1. The summed E-state index contributed by atoms with van der Waals surface area (Å²) in [5, 5.41) is 3.00. The van der Waals surface area contributed by atoms with Crippen molar-refractivity contribution < 1.29 is 9.53 Å². The summed E-state index contributed by atoms with van der Waals surface area (Å²) in [5.74, 6) is 0.0609. The molecule has 1 heterocycles. The summed E-state index contributed by atoms with van der Waals surface area (Å²) in [6, 6.07) is 3.10. The summed E-state index contributed by atoms with van der Waals surface area (Å²) in [6.45, 7) is 0.0310. The number of esters is 1. The first-order chi connectivity index (χ1) is 6.61. The van der Waals surface area contributed by atoms with Gasteiger partial charge >= 0.3 is 5.97 Å². The lowest BCUT2D eigenvalue weighted by molar-refractivity contribution is -0.138. The van der Waals surface area contributed by atoms with Gasteiger partial charge in [0.2, 0.25) is 0 Å². The maximum Gasteiger partial charge on any atom is 0.325 e. The number of nitrogens with one attached hydrogen (secondary N) is 1. The van der Waals surface area contributed by atoms with Gasteiger partial charge < -0.3 is 15.8 Å². The molecule has 6 heteroatoms. The van der Waals surface area contributed by atoms with Crippen LogP contribution in [0.15, 0.2) is 12.1 Å². The van der Waals surface area contributed by atoms with Gasteiger partial charge in [-0.25, -0.2) is 4.98 Å². The largest absolute Gasteiger partial charge is 0.468 e. The van der Waals surface area contributed by atoms with E-state index in [1.807, 2.05) is 0 Å². The van der Waals surface area contributed by atoms with Crippen LogP contribution in [0.2, 0.25) is 5.15 Å². The van der Waals surface area contributed by atoms with Crippen LogP contribution in [0.4, 0.5) is 11.5 Å². The molecule has 3 N–H and O–H groups in total. The SMILES string of the molecule is COC(=O)CNc1cc(N)cc(Cl)n1. The Morgan fingerprint density at radius 2 is 2.43 bits per heavy atom. The Balaban J connectivity index is 2.63. The molecule has 0 aliphatic heterocycles. The zero-order chi connectivity index (χ0) is 10.6. The second kappa shape index (κ2) is 4.66. The number of pyridine rings is 1. The van der Waals surface area contributed by atoms with Crippen LogP contribution in [-0.4, -0.2) is 24.6 Å². The maximum absolute atomic E-state index is 10.8. The lowest BCUT2D eigenvalue weighted by Crippen LogP contribution is -2.15. The second-order valence-electron chi connectivity index (χ2n) is 2.54. The average Bonchev–Trinajstić information content (AvgIpc) is 2.12. The Morgan fingerprint density at radius 3 is 3.00 bits per heavy atom. The van der Waals surface area contributed by atoms with E-state index >= 15 is 0 Å². The van der Waals surface area contributed by atoms with Crippen molar-refractivity contribution in [2.45, 2.75) is 0 Å². The van der Waals surface area contributed by atoms with Crippen LogP contribution >= 0.6 is 11.6 Å². The molecule has 0 spiro atoms. The van der Waals surface area contributed by atoms with E-state index in [1.165, 1.54) is 13.2 Å². The zero-order valence-corrected chi connectivity index (χ0v) is 8.34. The Morgan fingerprint density at radius 1 is 1.71 bits per heavy atom. The molecule has 0 unspecified atom stereocenters. The topological polar surface area (TPSA) is 77.2 Å². The van der Waals surface area contributed by atoms with Crippen molar-refractivity contribution in [3.05, 3.63) is 17.3 Å². The number of rotatable bonds is 3. The molecule has 76 valence electrons. The first-order valence-electron chi connectivity index (χ1n) is 3.85. The van der Waals surface area contributed by atoms with E-state index in [2.05, 4.69) is 15.0 Å². The number of halogens is 1. The summed E-state index contributed by atoms with van der Waals surface area (Å²) in [5.41, 5.74) is 6.00. The van der Waals surface area contributed by atoms with Crippen LogP contribution in [0.1, 0.15) is 0 Å². The normalized spacial score (nSPS) is 9.57. The molecule has 0 radical (unpaired) electrons. The quantitative estimate of drug-likeness (QED) is 0.579. The van der Waals surface area contributed by atoms with Crippen LogP contribution < -0.4 is 11.1 Å². The smallest absolute Gasteiger partial charge is 0.325 e. The molecule has 0 bridgehead atoms. The molecular weight excluding hydrogens is 206 g/mol. The van der Waals surface area contributed by atoms with Crippen LogP contribution in [0.3, 0.4) is 0 Å². The predicted octanol–water partition coefficient (Wildman–Crippen LogP) is 0.902. The number of carbonyl (C=O) groups is 1. The minimum atomic E-state index is -0.384. The number of nitrogens with two attached hydrogens (primary N) is 1. The predicted molar refractivity (Wildman–Crippen MR) is 54.2 cm³/mol. The Kier molecular flexibility index (Phi) is 3.53. The summed E-state index contributed by atoms with van der Waals surface area (Å²) < 4.78 is 4.44. The fourth-order valence-electron chi connectivity index (χ4n) is 0.842. The van der Waals surface area contributed by atoms with Gasteiger partial charge in [-0.2, -0.15) is 0 Å². The number of aromatic nitrogens is 1. The van der Waals surface area contributed by atoms with Crippen molar-refractivity contribution in [2.75, 3.05) is 24.7 Å². The van der Waals surface area contributed by atoms with Crippen LogP contribution in [0, 0.1) is 0 Å². The van der Waals surface area contributed by atoms with Crippen molar-refractivity contribution in [2.24, 2.45) is 0 Å². The molecule has 0 aliphatic rings. The van der Waals surface area contributed by atoms with E-state index in [1.54, 1.807) is 6.07 Å². The van der Waals surface area contributed by atoms with Crippen molar-refractivity contribution in [3.8, 4) is 0 Å². The third-order valence-electron chi connectivity index (χ3n) is 1.46. The van der Waals surface area contributed by atoms with Crippen LogP contribution in [0.5, 0.6) is 0 Å². The van der Waals surface area contributed by atoms with E-state index < -0.39 is 0 Å². The van der Waals surface area contributed by atoms with Gasteiger partial charge in [0.15, 0.2) is 0 Å². The minimum Gasteiger partial charge on any atom is -0.468 e. The number of anilines is 2. The Bertz CT molecular complexity index is 323. The average molecular weight is 216 g/mol. The maximum atomic E-state index is 10.8. The molecule has 1 aromatic rings. The molecule has 0 fully saturated rings. The fourth-order valence-corrected chi connectivity index (χ4v) is 1.06. The van der Waals surface area contributed by atoms with Gasteiger partial charge in [0, 0.05) is 11.8 Å². The van der Waals surface area contributed by atoms with E-state index in [-0.39, 0.29) is 17.7 Å². The number of methoxy groups -OCH3 is 1. The van der Waals surface area contributed by atoms with Gasteiger partial charge in [-0.1, -0.05) is 11.6 Å². The molecule has 0 aromatic carbocycles. The molecular formula is C8H10ClN3O2. The number of hydrogen-bond acceptors (Lipinski definition) is 5. The Hall–Kier alpha value is -1.49. The van der Waals surface area contributed by atoms with Crippen molar-refractivity contribution in [1.82, 2.24) is 4.98 Å². The molecule has 0 saturated heterocycles. The van der Waals surface area contributed by atoms with Gasteiger partial charge in [0.05, 0.1) is 7.11 Å². The molecule has 14 heavy (non-hydrogen) atoms. The van der Waals surface area contributed by atoms with Gasteiger partial charge in [0.1, 0.15) is 17.5 Å². The molecule has 0 saturated carbocycles. The first-order valence-corrected chi connectivity index (χ1v) is 4.23. The standard InChI is InChI=1S/C8H10ClN3O2/c1-14-8(13)4-11-7-3-5(10)2-6(9)12-7/h2-3H,4H2,1H3,(H3,10,11,12). The van der Waals surface area contributed by atoms with Gasteiger partial charge in [0.25, 0.3) is 0 Å².